The lowest BCUT2D eigenvalue weighted by Gasteiger charge is -2.13. The quantitative estimate of drug-likeness (QED) is 0.331. The van der Waals surface area contributed by atoms with E-state index in [0.29, 0.717) is 5.92 Å². The molecule has 158 valence electrons. The molecule has 0 unspecified atom stereocenters. The number of nitrogens with one attached hydrogen (secondary N) is 1. The largest absolute Gasteiger partial charge is 0.361 e. The van der Waals surface area contributed by atoms with Gasteiger partial charge < -0.3 is 9.51 Å². The van der Waals surface area contributed by atoms with Gasteiger partial charge in [-0.1, -0.05) is 59.3 Å². The van der Waals surface area contributed by atoms with E-state index in [1.54, 1.807) is 0 Å². The van der Waals surface area contributed by atoms with E-state index in [-0.39, 0.29) is 0 Å². The molecule has 4 heteroatoms. The zero-order valence-corrected chi connectivity index (χ0v) is 18.6. The van der Waals surface area contributed by atoms with Crippen LogP contribution in [0.5, 0.6) is 0 Å². The summed E-state index contributed by atoms with van der Waals surface area (Å²) in [6.07, 6.45) is 2.43. The Morgan fingerprint density at radius 1 is 0.844 bits per heavy atom. The maximum Gasteiger partial charge on any atom is 0.141 e. The van der Waals surface area contributed by atoms with Crippen LogP contribution in [0.15, 0.2) is 65.2 Å². The molecule has 1 N–H and O–H groups in total. The maximum atomic E-state index is 5.49. The smallest absolute Gasteiger partial charge is 0.141 e. The van der Waals surface area contributed by atoms with Gasteiger partial charge in [0, 0.05) is 17.0 Å². The molecule has 3 aromatic carbocycles. The molecule has 2 heterocycles. The van der Waals surface area contributed by atoms with Crippen LogP contribution in [0.1, 0.15) is 41.6 Å². The van der Waals surface area contributed by atoms with Crippen molar-refractivity contribution >= 4 is 11.0 Å². The number of aromatic nitrogens is 3. The molecule has 0 aliphatic heterocycles. The van der Waals surface area contributed by atoms with Gasteiger partial charge >= 0.3 is 0 Å². The summed E-state index contributed by atoms with van der Waals surface area (Å²) in [5, 5.41) is 4.19. The van der Waals surface area contributed by atoms with E-state index >= 15 is 0 Å². The molecular formula is C28H25N3O. The Morgan fingerprint density at radius 2 is 1.66 bits per heavy atom. The molecule has 1 aliphatic rings. The Bertz CT molecular complexity index is 1450. The third kappa shape index (κ3) is 3.14. The molecule has 1 aliphatic carbocycles. The molecular weight excluding hydrogens is 394 g/mol. The number of rotatable bonds is 4. The zero-order valence-electron chi connectivity index (χ0n) is 18.6. The van der Waals surface area contributed by atoms with Crippen molar-refractivity contribution < 1.29 is 4.52 Å². The summed E-state index contributed by atoms with van der Waals surface area (Å²) >= 11 is 0. The van der Waals surface area contributed by atoms with Crippen LogP contribution in [-0.2, 0) is 0 Å². The molecule has 0 spiro atoms. The number of fused-ring (bicyclic) bond motifs is 1. The Balaban J connectivity index is 1.64. The van der Waals surface area contributed by atoms with Crippen molar-refractivity contribution in [3.05, 3.63) is 83.5 Å². The third-order valence-corrected chi connectivity index (χ3v) is 6.44. The molecule has 1 fully saturated rings. The number of benzene rings is 3. The van der Waals surface area contributed by atoms with E-state index in [1.165, 1.54) is 35.1 Å². The van der Waals surface area contributed by atoms with E-state index < -0.39 is 0 Å². The Kier molecular flexibility index (Phi) is 4.29. The molecule has 0 atom stereocenters. The van der Waals surface area contributed by atoms with Gasteiger partial charge in [-0.3, -0.25) is 0 Å². The molecule has 32 heavy (non-hydrogen) atoms. The summed E-state index contributed by atoms with van der Waals surface area (Å²) in [7, 11) is 0. The number of hydrogen-bond acceptors (Lipinski definition) is 3. The number of imidazole rings is 1. The van der Waals surface area contributed by atoms with Gasteiger partial charge in [0.2, 0.25) is 0 Å². The van der Waals surface area contributed by atoms with Crippen LogP contribution in [0.4, 0.5) is 0 Å². The molecule has 0 amide bonds. The summed E-state index contributed by atoms with van der Waals surface area (Å²) in [5.74, 6) is 2.50. The lowest BCUT2D eigenvalue weighted by molar-refractivity contribution is 0.393. The van der Waals surface area contributed by atoms with E-state index in [0.717, 1.165) is 45.0 Å². The number of aryl methyl sites for hydroxylation is 3. The van der Waals surface area contributed by atoms with E-state index in [1.807, 2.05) is 13.8 Å². The summed E-state index contributed by atoms with van der Waals surface area (Å²) in [6, 6.07) is 21.8. The predicted octanol–water partition coefficient (Wildman–Crippen LogP) is 7.35. The predicted molar refractivity (Wildman–Crippen MR) is 129 cm³/mol. The molecule has 0 bridgehead atoms. The van der Waals surface area contributed by atoms with Crippen molar-refractivity contribution in [1.82, 2.24) is 15.1 Å². The van der Waals surface area contributed by atoms with Crippen LogP contribution in [0.3, 0.4) is 0 Å². The molecule has 1 saturated carbocycles. The maximum absolute atomic E-state index is 5.49. The van der Waals surface area contributed by atoms with Gasteiger partial charge in [0.05, 0.1) is 16.7 Å². The Hall–Kier alpha value is -3.66. The normalized spacial score (nSPS) is 13.7. The van der Waals surface area contributed by atoms with Crippen molar-refractivity contribution in [2.45, 2.75) is 39.5 Å². The molecule has 6 rings (SSSR count). The highest BCUT2D eigenvalue weighted by atomic mass is 16.5. The van der Waals surface area contributed by atoms with Crippen molar-refractivity contribution in [1.29, 1.82) is 0 Å². The van der Waals surface area contributed by atoms with Gasteiger partial charge in [0.25, 0.3) is 0 Å². The van der Waals surface area contributed by atoms with Gasteiger partial charge in [-0.05, 0) is 68.0 Å². The van der Waals surface area contributed by atoms with Gasteiger partial charge in [0.15, 0.2) is 0 Å². The number of nitrogens with zero attached hydrogens (tertiary/aromatic N) is 2. The Labute approximate surface area is 187 Å². The van der Waals surface area contributed by atoms with Crippen LogP contribution >= 0.6 is 0 Å². The van der Waals surface area contributed by atoms with Crippen molar-refractivity contribution in [3.8, 4) is 33.4 Å². The van der Waals surface area contributed by atoms with Crippen molar-refractivity contribution in [2.24, 2.45) is 0 Å². The van der Waals surface area contributed by atoms with Gasteiger partial charge in [0.1, 0.15) is 11.6 Å². The average molecular weight is 420 g/mol. The van der Waals surface area contributed by atoms with Crippen LogP contribution < -0.4 is 0 Å². The van der Waals surface area contributed by atoms with Gasteiger partial charge in [-0.15, -0.1) is 0 Å². The number of aromatic amines is 1. The lowest BCUT2D eigenvalue weighted by atomic mass is 9.91. The first-order valence-corrected chi connectivity index (χ1v) is 11.2. The van der Waals surface area contributed by atoms with Gasteiger partial charge in [-0.2, -0.15) is 0 Å². The SMILES string of the molecule is Cc1cccc(-c2ccccc2-c2cc(-c3c(C)noc3C)cc3[nH]c(C4CC4)nc23)c1. The zero-order chi connectivity index (χ0) is 21.8. The minimum atomic E-state index is 0.560. The topological polar surface area (TPSA) is 54.7 Å². The first kappa shape index (κ1) is 19.1. The number of hydrogen-bond donors (Lipinski definition) is 1. The fraction of sp³-hybridized carbons (Fsp3) is 0.214. The van der Waals surface area contributed by atoms with E-state index in [4.69, 9.17) is 9.51 Å². The van der Waals surface area contributed by atoms with Crippen LogP contribution in [0.2, 0.25) is 0 Å². The van der Waals surface area contributed by atoms with E-state index in [2.05, 4.69) is 77.7 Å². The highest BCUT2D eigenvalue weighted by Crippen LogP contribution is 2.43. The highest BCUT2D eigenvalue weighted by Gasteiger charge is 2.28. The second-order valence-electron chi connectivity index (χ2n) is 8.93. The van der Waals surface area contributed by atoms with Crippen LogP contribution in [0.25, 0.3) is 44.4 Å². The fourth-order valence-corrected chi connectivity index (χ4v) is 4.71. The summed E-state index contributed by atoms with van der Waals surface area (Å²) < 4.78 is 5.49. The molecule has 2 aromatic heterocycles. The fourth-order valence-electron chi connectivity index (χ4n) is 4.71. The minimum absolute atomic E-state index is 0.560. The Morgan fingerprint density at radius 3 is 2.38 bits per heavy atom. The summed E-state index contributed by atoms with van der Waals surface area (Å²) in [6.45, 7) is 6.11. The molecule has 0 saturated heterocycles. The molecule has 0 radical (unpaired) electrons. The number of H-pyrrole nitrogens is 1. The minimum Gasteiger partial charge on any atom is -0.361 e. The standard InChI is InChI=1S/C28H25N3O/c1-16-7-6-8-20(13-16)22-9-4-5-10-23(22)24-14-21(26-17(2)31-32-18(26)3)15-25-27(24)30-28(29-25)19-11-12-19/h4-10,13-15,19H,11-12H2,1-3H3,(H,29,30). The first-order chi connectivity index (χ1) is 15.6. The highest BCUT2D eigenvalue weighted by molar-refractivity contribution is 6.00. The second kappa shape index (κ2) is 7.20. The van der Waals surface area contributed by atoms with E-state index in [9.17, 15) is 0 Å². The van der Waals surface area contributed by atoms with Crippen molar-refractivity contribution in [2.75, 3.05) is 0 Å². The first-order valence-electron chi connectivity index (χ1n) is 11.2. The van der Waals surface area contributed by atoms with Gasteiger partial charge in [-0.25, -0.2) is 4.98 Å². The monoisotopic (exact) mass is 419 g/mol. The average Bonchev–Trinajstić information content (AvgIpc) is 3.47. The third-order valence-electron chi connectivity index (χ3n) is 6.44. The summed E-state index contributed by atoms with van der Waals surface area (Å²) in [4.78, 5) is 8.69. The van der Waals surface area contributed by atoms with Crippen LogP contribution in [-0.4, -0.2) is 15.1 Å². The van der Waals surface area contributed by atoms with Crippen LogP contribution in [0, 0.1) is 20.8 Å². The van der Waals surface area contributed by atoms with Crippen molar-refractivity contribution in [3.63, 3.8) is 0 Å². The molecule has 5 aromatic rings. The summed E-state index contributed by atoms with van der Waals surface area (Å²) in [5.41, 5.74) is 11.2. The lowest BCUT2D eigenvalue weighted by Crippen LogP contribution is -1.90. The second-order valence-corrected chi connectivity index (χ2v) is 8.93. The molecule has 4 nitrogen and oxygen atoms in total.